The Labute approximate surface area is 139 Å². The van der Waals surface area contributed by atoms with Crippen LogP contribution in [-0.2, 0) is 9.53 Å². The van der Waals surface area contributed by atoms with Crippen molar-refractivity contribution in [2.24, 2.45) is 0 Å². The number of rotatable bonds is 5. The van der Waals surface area contributed by atoms with Gasteiger partial charge < -0.3 is 15.2 Å². The van der Waals surface area contributed by atoms with Gasteiger partial charge in [0.25, 0.3) is 5.91 Å². The summed E-state index contributed by atoms with van der Waals surface area (Å²) in [5.41, 5.74) is 1.07. The number of para-hydroxylation sites is 1. The maximum atomic E-state index is 12.5. The van der Waals surface area contributed by atoms with E-state index < -0.39 is 11.5 Å². The molecule has 0 spiro atoms. The summed E-state index contributed by atoms with van der Waals surface area (Å²) in [4.78, 5) is 23.6. The Bertz CT molecular complexity index is 748. The fourth-order valence-electron chi connectivity index (χ4n) is 2.90. The highest BCUT2D eigenvalue weighted by Crippen LogP contribution is 2.23. The van der Waals surface area contributed by atoms with Gasteiger partial charge in [0, 0.05) is 12.3 Å². The lowest BCUT2D eigenvalue weighted by Crippen LogP contribution is -2.50. The van der Waals surface area contributed by atoms with Crippen LogP contribution in [-0.4, -0.2) is 45.5 Å². The number of amides is 1. The van der Waals surface area contributed by atoms with E-state index in [1.165, 1.54) is 0 Å². The smallest absolute Gasteiger partial charge is 0.305 e. The van der Waals surface area contributed by atoms with Crippen molar-refractivity contribution >= 4 is 11.9 Å². The predicted octanol–water partition coefficient (Wildman–Crippen LogP) is 1.54. The molecule has 7 nitrogen and oxygen atoms in total. The lowest BCUT2D eigenvalue weighted by molar-refractivity contribution is -0.138. The Morgan fingerprint density at radius 2 is 2.12 bits per heavy atom. The Kier molecular flexibility index (Phi) is 4.35. The van der Waals surface area contributed by atoms with Crippen LogP contribution < -0.4 is 5.32 Å². The van der Waals surface area contributed by atoms with Crippen LogP contribution in [0.25, 0.3) is 5.69 Å². The minimum Gasteiger partial charge on any atom is -0.481 e. The number of aliphatic carboxylic acids is 1. The SMILES string of the molecule is Cc1cc(C(=O)NC2(CC(=O)O)CCOC2)nn1-c1ccccc1. The topological polar surface area (TPSA) is 93.5 Å². The number of carboxylic acids is 1. The van der Waals surface area contributed by atoms with E-state index in [0.717, 1.165) is 11.4 Å². The number of carbonyl (C=O) groups is 2. The molecule has 7 heteroatoms. The van der Waals surface area contributed by atoms with Crippen LogP contribution in [0.3, 0.4) is 0 Å². The van der Waals surface area contributed by atoms with E-state index in [4.69, 9.17) is 9.84 Å². The standard InChI is InChI=1S/C17H19N3O4/c1-12-9-14(19-20(12)13-5-3-2-4-6-13)16(23)18-17(10-15(21)22)7-8-24-11-17/h2-6,9H,7-8,10-11H2,1H3,(H,18,23)(H,21,22). The molecule has 1 aliphatic rings. The maximum Gasteiger partial charge on any atom is 0.305 e. The normalized spacial score (nSPS) is 20.0. The fourth-order valence-corrected chi connectivity index (χ4v) is 2.90. The predicted molar refractivity (Wildman–Crippen MR) is 86.2 cm³/mol. The third-order valence-electron chi connectivity index (χ3n) is 4.09. The molecule has 2 heterocycles. The third-order valence-corrected chi connectivity index (χ3v) is 4.09. The summed E-state index contributed by atoms with van der Waals surface area (Å²) in [5, 5.41) is 16.3. The number of benzene rings is 1. The van der Waals surface area contributed by atoms with Gasteiger partial charge in [-0.25, -0.2) is 4.68 Å². The Morgan fingerprint density at radius 3 is 2.75 bits per heavy atom. The van der Waals surface area contributed by atoms with Gasteiger partial charge in [0.2, 0.25) is 0 Å². The molecule has 0 aliphatic carbocycles. The highest BCUT2D eigenvalue weighted by Gasteiger charge is 2.39. The Hall–Kier alpha value is -2.67. The van der Waals surface area contributed by atoms with Gasteiger partial charge in [-0.15, -0.1) is 0 Å². The van der Waals surface area contributed by atoms with Crippen LogP contribution in [0.5, 0.6) is 0 Å². The van der Waals surface area contributed by atoms with Gasteiger partial charge in [-0.3, -0.25) is 9.59 Å². The zero-order valence-corrected chi connectivity index (χ0v) is 13.4. The Morgan fingerprint density at radius 1 is 1.38 bits per heavy atom. The van der Waals surface area contributed by atoms with Gasteiger partial charge in [0.05, 0.1) is 24.3 Å². The first-order chi connectivity index (χ1) is 11.5. The van der Waals surface area contributed by atoms with Gasteiger partial charge in [-0.1, -0.05) is 18.2 Å². The first-order valence-electron chi connectivity index (χ1n) is 7.73. The number of carboxylic acid groups (broad SMARTS) is 1. The van der Waals surface area contributed by atoms with E-state index in [2.05, 4.69) is 10.4 Å². The molecule has 24 heavy (non-hydrogen) atoms. The van der Waals surface area contributed by atoms with Crippen LogP contribution in [0.2, 0.25) is 0 Å². The zero-order chi connectivity index (χ0) is 17.2. The largest absolute Gasteiger partial charge is 0.481 e. The van der Waals surface area contributed by atoms with E-state index >= 15 is 0 Å². The van der Waals surface area contributed by atoms with E-state index in [0.29, 0.717) is 13.0 Å². The fraction of sp³-hybridized carbons (Fsp3) is 0.353. The Balaban J connectivity index is 1.82. The van der Waals surface area contributed by atoms with E-state index in [1.807, 2.05) is 37.3 Å². The van der Waals surface area contributed by atoms with Gasteiger partial charge >= 0.3 is 5.97 Å². The molecule has 1 aliphatic heterocycles. The number of nitrogens with one attached hydrogen (secondary N) is 1. The molecule has 1 unspecified atom stereocenters. The first-order valence-corrected chi connectivity index (χ1v) is 7.73. The van der Waals surface area contributed by atoms with Crippen molar-refractivity contribution in [3.8, 4) is 5.69 Å². The minimum atomic E-state index is -0.966. The van der Waals surface area contributed by atoms with Crippen molar-refractivity contribution in [1.82, 2.24) is 15.1 Å². The summed E-state index contributed by atoms with van der Waals surface area (Å²) in [6.45, 7) is 2.50. The zero-order valence-electron chi connectivity index (χ0n) is 13.4. The van der Waals surface area contributed by atoms with Crippen molar-refractivity contribution in [3.05, 3.63) is 47.8 Å². The van der Waals surface area contributed by atoms with Crippen molar-refractivity contribution in [3.63, 3.8) is 0 Å². The summed E-state index contributed by atoms with van der Waals surface area (Å²) in [6.07, 6.45) is 0.306. The van der Waals surface area contributed by atoms with Gasteiger partial charge in [0.15, 0.2) is 5.69 Å². The first kappa shape index (κ1) is 16.2. The molecule has 2 aromatic rings. The average molecular weight is 329 g/mol. The van der Waals surface area contributed by atoms with Gasteiger partial charge in [0.1, 0.15) is 0 Å². The molecule has 0 saturated carbocycles. The number of aromatic nitrogens is 2. The van der Waals surface area contributed by atoms with E-state index in [9.17, 15) is 9.59 Å². The van der Waals surface area contributed by atoms with Crippen molar-refractivity contribution < 1.29 is 19.4 Å². The third kappa shape index (κ3) is 3.30. The second-order valence-corrected chi connectivity index (χ2v) is 6.03. The van der Waals surface area contributed by atoms with Gasteiger partial charge in [-0.05, 0) is 31.5 Å². The number of aryl methyl sites for hydroxylation is 1. The summed E-state index contributed by atoms with van der Waals surface area (Å²) in [6, 6.07) is 11.2. The van der Waals surface area contributed by atoms with Crippen LogP contribution in [0.4, 0.5) is 0 Å². The number of hydrogen-bond acceptors (Lipinski definition) is 4. The molecule has 2 N–H and O–H groups in total. The van der Waals surface area contributed by atoms with Gasteiger partial charge in [-0.2, -0.15) is 5.10 Å². The summed E-state index contributed by atoms with van der Waals surface area (Å²) in [5.74, 6) is -1.36. The summed E-state index contributed by atoms with van der Waals surface area (Å²) >= 11 is 0. The molecular weight excluding hydrogens is 310 g/mol. The van der Waals surface area contributed by atoms with Crippen molar-refractivity contribution in [2.45, 2.75) is 25.3 Å². The highest BCUT2D eigenvalue weighted by molar-refractivity contribution is 5.93. The minimum absolute atomic E-state index is 0.170. The number of hydrogen-bond donors (Lipinski definition) is 2. The van der Waals surface area contributed by atoms with Crippen LogP contribution >= 0.6 is 0 Å². The maximum absolute atomic E-state index is 12.5. The highest BCUT2D eigenvalue weighted by atomic mass is 16.5. The molecule has 0 bridgehead atoms. The van der Waals surface area contributed by atoms with Crippen LogP contribution in [0, 0.1) is 6.92 Å². The van der Waals surface area contributed by atoms with Crippen LogP contribution in [0.15, 0.2) is 36.4 Å². The molecule has 1 amide bonds. The molecule has 0 radical (unpaired) electrons. The van der Waals surface area contributed by atoms with Crippen molar-refractivity contribution in [1.29, 1.82) is 0 Å². The number of carbonyl (C=O) groups excluding carboxylic acids is 1. The lowest BCUT2D eigenvalue weighted by atomic mass is 9.94. The van der Waals surface area contributed by atoms with E-state index in [1.54, 1.807) is 10.7 Å². The van der Waals surface area contributed by atoms with Crippen molar-refractivity contribution in [2.75, 3.05) is 13.2 Å². The molecule has 3 rings (SSSR count). The molecule has 1 aromatic heterocycles. The van der Waals surface area contributed by atoms with Crippen LogP contribution in [0.1, 0.15) is 29.0 Å². The summed E-state index contributed by atoms with van der Waals surface area (Å²) in [7, 11) is 0. The second-order valence-electron chi connectivity index (χ2n) is 6.03. The second kappa shape index (κ2) is 6.45. The molecule has 1 aromatic carbocycles. The molecule has 126 valence electrons. The molecule has 1 fully saturated rings. The number of ether oxygens (including phenoxy) is 1. The summed E-state index contributed by atoms with van der Waals surface area (Å²) < 4.78 is 6.98. The molecule has 1 atom stereocenters. The number of nitrogens with zero attached hydrogens (tertiary/aromatic N) is 2. The van der Waals surface area contributed by atoms with E-state index in [-0.39, 0.29) is 24.6 Å². The quantitative estimate of drug-likeness (QED) is 0.868. The molecule has 1 saturated heterocycles. The lowest BCUT2D eigenvalue weighted by Gasteiger charge is -2.26. The average Bonchev–Trinajstić information content (AvgIpc) is 3.14. The monoisotopic (exact) mass is 329 g/mol. The molecular formula is C17H19N3O4.